The van der Waals surface area contributed by atoms with Gasteiger partial charge in [-0.2, -0.15) is 4.37 Å². The first-order chi connectivity index (χ1) is 6.27. The number of aliphatic hydroxyl groups is 1. The van der Waals surface area contributed by atoms with Crippen molar-refractivity contribution in [3.8, 4) is 0 Å². The van der Waals surface area contributed by atoms with Gasteiger partial charge in [0, 0.05) is 19.2 Å². The summed E-state index contributed by atoms with van der Waals surface area (Å²) in [5.41, 5.74) is 5.52. The Morgan fingerprint density at radius 1 is 1.62 bits per heavy atom. The monoisotopic (exact) mass is 201 g/mol. The Morgan fingerprint density at radius 3 is 2.85 bits per heavy atom. The maximum Gasteiger partial charge on any atom is 0.139 e. The molecule has 0 amide bonds. The molecule has 1 rings (SSSR count). The van der Waals surface area contributed by atoms with Crippen LogP contribution < -0.4 is 10.6 Å². The highest BCUT2D eigenvalue weighted by Crippen LogP contribution is 2.22. The molecule has 0 saturated carbocycles. The summed E-state index contributed by atoms with van der Waals surface area (Å²) in [7, 11) is 0. The van der Waals surface area contributed by atoms with Crippen LogP contribution in [-0.2, 0) is 0 Å². The molecule has 74 valence electrons. The zero-order chi connectivity index (χ0) is 9.68. The highest BCUT2D eigenvalue weighted by atomic mass is 32.1. The van der Waals surface area contributed by atoms with E-state index in [2.05, 4.69) is 16.2 Å². The Labute approximate surface area is 82.2 Å². The zero-order valence-corrected chi connectivity index (χ0v) is 8.55. The summed E-state index contributed by atoms with van der Waals surface area (Å²) in [6, 6.07) is 1.84. The molecule has 1 heterocycles. The highest BCUT2D eigenvalue weighted by Gasteiger charge is 2.07. The number of nitrogen functional groups attached to an aromatic ring is 1. The number of nitrogens with two attached hydrogens (primary N) is 1. The lowest BCUT2D eigenvalue weighted by Gasteiger charge is -2.20. The van der Waals surface area contributed by atoms with Crippen LogP contribution in [0.5, 0.6) is 0 Å². The highest BCUT2D eigenvalue weighted by molar-refractivity contribution is 7.10. The maximum atomic E-state index is 8.84. The van der Waals surface area contributed by atoms with Gasteiger partial charge in [0.05, 0.1) is 6.61 Å². The van der Waals surface area contributed by atoms with Crippen molar-refractivity contribution in [3.63, 3.8) is 0 Å². The van der Waals surface area contributed by atoms with E-state index in [9.17, 15) is 0 Å². The molecule has 3 N–H and O–H groups in total. The third-order valence-electron chi connectivity index (χ3n) is 1.69. The van der Waals surface area contributed by atoms with Crippen molar-refractivity contribution in [2.75, 3.05) is 30.3 Å². The van der Waals surface area contributed by atoms with E-state index >= 15 is 0 Å². The minimum Gasteiger partial charge on any atom is -0.395 e. The Bertz CT molecular complexity index is 245. The SMILES string of the molecule is CCCN(CCO)c1cc(N)ns1. The minimum absolute atomic E-state index is 0.164. The van der Waals surface area contributed by atoms with Crippen LogP contribution in [0.2, 0.25) is 0 Å². The first-order valence-electron chi connectivity index (χ1n) is 4.36. The van der Waals surface area contributed by atoms with Crippen molar-refractivity contribution in [2.24, 2.45) is 0 Å². The number of hydrogen-bond acceptors (Lipinski definition) is 5. The number of aromatic nitrogens is 1. The van der Waals surface area contributed by atoms with Gasteiger partial charge in [-0.1, -0.05) is 6.92 Å². The van der Waals surface area contributed by atoms with Crippen molar-refractivity contribution in [2.45, 2.75) is 13.3 Å². The largest absolute Gasteiger partial charge is 0.395 e. The van der Waals surface area contributed by atoms with E-state index in [1.54, 1.807) is 0 Å². The molecule has 0 aromatic carbocycles. The van der Waals surface area contributed by atoms with Gasteiger partial charge >= 0.3 is 0 Å². The van der Waals surface area contributed by atoms with Gasteiger partial charge in [-0.25, -0.2) is 0 Å². The standard InChI is InChI=1S/C8H15N3OS/c1-2-3-11(4-5-12)8-6-7(9)10-13-8/h6,12H,2-5H2,1H3,(H2,9,10). The summed E-state index contributed by atoms with van der Waals surface area (Å²) in [6.07, 6.45) is 1.05. The summed E-state index contributed by atoms with van der Waals surface area (Å²) in [5, 5.41) is 9.88. The van der Waals surface area contributed by atoms with Crippen LogP contribution in [0.15, 0.2) is 6.07 Å². The molecule has 0 spiro atoms. The molecule has 0 unspecified atom stereocenters. The average molecular weight is 201 g/mol. The molecule has 0 aliphatic rings. The molecule has 13 heavy (non-hydrogen) atoms. The van der Waals surface area contributed by atoms with Gasteiger partial charge in [0.2, 0.25) is 0 Å². The second-order valence-electron chi connectivity index (χ2n) is 2.80. The van der Waals surface area contributed by atoms with E-state index in [1.807, 2.05) is 6.07 Å². The quantitative estimate of drug-likeness (QED) is 0.744. The third-order valence-corrected chi connectivity index (χ3v) is 2.56. The zero-order valence-electron chi connectivity index (χ0n) is 7.73. The minimum atomic E-state index is 0.164. The van der Waals surface area contributed by atoms with Crippen molar-refractivity contribution < 1.29 is 5.11 Å². The molecule has 4 nitrogen and oxygen atoms in total. The number of rotatable bonds is 5. The Hall–Kier alpha value is -0.810. The Balaban J connectivity index is 2.63. The Morgan fingerprint density at radius 2 is 2.38 bits per heavy atom. The topological polar surface area (TPSA) is 62.4 Å². The molecular formula is C8H15N3OS. The summed E-state index contributed by atoms with van der Waals surface area (Å²) in [5.74, 6) is 0.555. The van der Waals surface area contributed by atoms with Crippen molar-refractivity contribution in [1.82, 2.24) is 4.37 Å². The normalized spacial score (nSPS) is 10.3. The van der Waals surface area contributed by atoms with Crippen LogP contribution in [0.1, 0.15) is 13.3 Å². The van der Waals surface area contributed by atoms with Gasteiger partial charge in [-0.05, 0) is 18.0 Å². The molecule has 1 aromatic heterocycles. The molecule has 0 aliphatic heterocycles. The van der Waals surface area contributed by atoms with E-state index in [0.29, 0.717) is 12.4 Å². The van der Waals surface area contributed by atoms with Gasteiger partial charge in [0.25, 0.3) is 0 Å². The predicted molar refractivity (Wildman–Crippen MR) is 56.1 cm³/mol. The molecule has 1 aromatic rings. The predicted octanol–water partition coefficient (Wildman–Crippen LogP) is 0.934. The summed E-state index contributed by atoms with van der Waals surface area (Å²) < 4.78 is 4.00. The number of hydrogen-bond donors (Lipinski definition) is 2. The van der Waals surface area contributed by atoms with E-state index in [-0.39, 0.29) is 6.61 Å². The smallest absolute Gasteiger partial charge is 0.139 e. The second-order valence-corrected chi connectivity index (χ2v) is 3.58. The van der Waals surface area contributed by atoms with Crippen LogP contribution in [-0.4, -0.2) is 29.2 Å². The molecule has 0 atom stereocenters. The van der Waals surface area contributed by atoms with Gasteiger partial charge in [0.1, 0.15) is 10.8 Å². The summed E-state index contributed by atoms with van der Waals surface area (Å²) in [6.45, 7) is 3.85. The van der Waals surface area contributed by atoms with Crippen molar-refractivity contribution in [1.29, 1.82) is 0 Å². The van der Waals surface area contributed by atoms with Crippen LogP contribution in [0.4, 0.5) is 10.8 Å². The third kappa shape index (κ3) is 2.86. The van der Waals surface area contributed by atoms with Crippen molar-refractivity contribution >= 4 is 22.4 Å². The fourth-order valence-electron chi connectivity index (χ4n) is 1.15. The average Bonchev–Trinajstić information content (AvgIpc) is 2.51. The van der Waals surface area contributed by atoms with Crippen molar-refractivity contribution in [3.05, 3.63) is 6.07 Å². The fourth-order valence-corrected chi connectivity index (χ4v) is 1.87. The van der Waals surface area contributed by atoms with E-state index in [0.717, 1.165) is 18.0 Å². The first kappa shape index (κ1) is 10.3. The fraction of sp³-hybridized carbons (Fsp3) is 0.625. The molecule has 0 aliphatic carbocycles. The van der Waals surface area contributed by atoms with E-state index in [4.69, 9.17) is 10.8 Å². The lowest BCUT2D eigenvalue weighted by Crippen LogP contribution is -2.26. The summed E-state index contributed by atoms with van der Waals surface area (Å²) >= 11 is 1.38. The summed E-state index contributed by atoms with van der Waals surface area (Å²) in [4.78, 5) is 2.09. The number of nitrogens with zero attached hydrogens (tertiary/aromatic N) is 2. The van der Waals surface area contributed by atoms with Crippen LogP contribution in [0.3, 0.4) is 0 Å². The van der Waals surface area contributed by atoms with Crippen LogP contribution >= 0.6 is 11.5 Å². The lowest BCUT2D eigenvalue weighted by atomic mass is 10.4. The molecule has 0 radical (unpaired) electrons. The van der Waals surface area contributed by atoms with Gasteiger partial charge in [-0.3, -0.25) is 0 Å². The van der Waals surface area contributed by atoms with Gasteiger partial charge in [0.15, 0.2) is 0 Å². The molecule has 5 heteroatoms. The van der Waals surface area contributed by atoms with E-state index in [1.165, 1.54) is 11.5 Å². The van der Waals surface area contributed by atoms with E-state index < -0.39 is 0 Å². The number of aliphatic hydroxyl groups excluding tert-OH is 1. The lowest BCUT2D eigenvalue weighted by molar-refractivity contribution is 0.302. The second kappa shape index (κ2) is 5.04. The molecule has 0 saturated heterocycles. The van der Waals surface area contributed by atoms with Crippen LogP contribution in [0.25, 0.3) is 0 Å². The maximum absolute atomic E-state index is 8.84. The molecule has 0 bridgehead atoms. The molecular weight excluding hydrogens is 186 g/mol. The number of anilines is 2. The van der Waals surface area contributed by atoms with Gasteiger partial charge in [-0.15, -0.1) is 0 Å². The van der Waals surface area contributed by atoms with Crippen LogP contribution in [0, 0.1) is 0 Å². The van der Waals surface area contributed by atoms with Gasteiger partial charge < -0.3 is 15.7 Å². The Kier molecular flexibility index (Phi) is 3.98. The molecule has 0 fully saturated rings. The first-order valence-corrected chi connectivity index (χ1v) is 5.13.